The first-order chi connectivity index (χ1) is 31.0. The third-order valence-corrected chi connectivity index (χ3v) is 14.0. The molecular weight excluding hydrogens is 783 g/mol. The molecule has 9 aromatic carbocycles. The standard InChI is InChI=1S/C59H47N3O2/c1-33-13-9-17-50(37(33)5)61(51-18-10-14-34(2)38(51)6)46-23-21-41-27-48-54(29-43(41)25-46)63-56-31-45(32-60)59-58(57(48)56)49-28-42-22-24-47(26-44(42)30-55(49)64-59)62(52-19-11-15-35(3)39(52)7)53-20-12-16-36(4)40(53)8/h9-31H,1-8H3. The van der Waals surface area contributed by atoms with Crippen molar-refractivity contribution in [3.63, 3.8) is 0 Å². The fraction of sp³-hybridized carbons (Fsp3) is 0.136. The van der Waals surface area contributed by atoms with E-state index >= 15 is 0 Å². The third kappa shape index (κ3) is 5.97. The Morgan fingerprint density at radius 3 is 1.22 bits per heavy atom. The van der Waals surface area contributed by atoms with Gasteiger partial charge in [0.1, 0.15) is 22.8 Å². The fourth-order valence-corrected chi connectivity index (χ4v) is 9.76. The molecule has 5 heteroatoms. The van der Waals surface area contributed by atoms with E-state index in [0.29, 0.717) is 16.7 Å². The van der Waals surface area contributed by atoms with Crippen LogP contribution < -0.4 is 9.80 Å². The second-order valence-electron chi connectivity index (χ2n) is 17.6. The van der Waals surface area contributed by atoms with Crippen molar-refractivity contribution in [2.45, 2.75) is 55.4 Å². The lowest BCUT2D eigenvalue weighted by Crippen LogP contribution is -2.13. The Morgan fingerprint density at radius 2 is 0.797 bits per heavy atom. The smallest absolute Gasteiger partial charge is 0.154 e. The largest absolute Gasteiger partial charge is 0.456 e. The van der Waals surface area contributed by atoms with E-state index in [-0.39, 0.29) is 0 Å². The van der Waals surface area contributed by atoms with Crippen LogP contribution in [0.15, 0.2) is 148 Å². The molecule has 0 saturated heterocycles. The van der Waals surface area contributed by atoms with Crippen molar-refractivity contribution < 1.29 is 8.83 Å². The Labute approximate surface area is 373 Å². The molecule has 0 fully saturated rings. The summed E-state index contributed by atoms with van der Waals surface area (Å²) in [4.78, 5) is 4.76. The van der Waals surface area contributed by atoms with E-state index in [1.165, 1.54) is 44.5 Å². The van der Waals surface area contributed by atoms with Gasteiger partial charge in [0.25, 0.3) is 0 Å². The SMILES string of the molecule is Cc1cccc(N(c2ccc3cc4c(cc3c2)oc2cc(C#N)c3oc5cc6cc(N(c7cccc(C)c7C)c7cccc(C)c7C)ccc6cc5c3c24)c2cccc(C)c2C)c1C. The van der Waals surface area contributed by atoms with Gasteiger partial charge in [0.05, 0.1) is 5.56 Å². The van der Waals surface area contributed by atoms with E-state index in [1.807, 2.05) is 6.07 Å². The molecule has 310 valence electrons. The number of aryl methyl sites for hydroxylation is 4. The number of fused-ring (bicyclic) bond motifs is 9. The quantitative estimate of drug-likeness (QED) is 0.167. The number of furan rings is 2. The number of anilines is 6. The summed E-state index contributed by atoms with van der Waals surface area (Å²) in [6.45, 7) is 17.5. The minimum atomic E-state index is 0.447. The summed E-state index contributed by atoms with van der Waals surface area (Å²) in [5.41, 5.74) is 19.9. The lowest BCUT2D eigenvalue weighted by atomic mass is 9.98. The van der Waals surface area contributed by atoms with Crippen molar-refractivity contribution in [3.05, 3.63) is 190 Å². The highest BCUT2D eigenvalue weighted by Gasteiger charge is 2.24. The van der Waals surface area contributed by atoms with E-state index in [9.17, 15) is 5.26 Å². The molecule has 0 aliphatic heterocycles. The average Bonchev–Trinajstić information content (AvgIpc) is 3.84. The lowest BCUT2D eigenvalue weighted by Gasteiger charge is -2.30. The number of hydrogen-bond donors (Lipinski definition) is 0. The molecule has 0 atom stereocenters. The number of nitrogens with zero attached hydrogens (tertiary/aromatic N) is 3. The Kier molecular flexibility index (Phi) is 8.94. The van der Waals surface area contributed by atoms with Crippen LogP contribution in [-0.4, -0.2) is 0 Å². The zero-order chi connectivity index (χ0) is 44.1. The molecule has 0 unspecified atom stereocenters. The van der Waals surface area contributed by atoms with Crippen LogP contribution in [0.4, 0.5) is 34.1 Å². The van der Waals surface area contributed by atoms with Crippen LogP contribution in [0.2, 0.25) is 0 Å². The van der Waals surface area contributed by atoms with E-state index < -0.39 is 0 Å². The highest BCUT2D eigenvalue weighted by molar-refractivity contribution is 6.28. The number of rotatable bonds is 6. The Hall–Kier alpha value is -7.81. The van der Waals surface area contributed by atoms with Crippen LogP contribution >= 0.6 is 0 Å². The summed E-state index contributed by atoms with van der Waals surface area (Å²) in [6, 6.07) is 52.4. The molecule has 0 spiro atoms. The van der Waals surface area contributed by atoms with E-state index in [0.717, 1.165) is 88.4 Å². The number of hydrogen-bond acceptors (Lipinski definition) is 5. The minimum Gasteiger partial charge on any atom is -0.456 e. The fourth-order valence-electron chi connectivity index (χ4n) is 9.76. The first kappa shape index (κ1) is 39.1. The van der Waals surface area contributed by atoms with Gasteiger partial charge in [0.15, 0.2) is 5.58 Å². The summed E-state index contributed by atoms with van der Waals surface area (Å²) in [7, 11) is 0. The van der Waals surface area contributed by atoms with Gasteiger partial charge >= 0.3 is 0 Å². The summed E-state index contributed by atoms with van der Waals surface area (Å²) in [5, 5.41) is 18.6. The highest BCUT2D eigenvalue weighted by Crippen LogP contribution is 2.47. The van der Waals surface area contributed by atoms with Gasteiger partial charge in [-0.05, 0) is 194 Å². The van der Waals surface area contributed by atoms with Gasteiger partial charge in [-0.25, -0.2) is 0 Å². The van der Waals surface area contributed by atoms with Crippen LogP contribution in [-0.2, 0) is 0 Å². The molecule has 11 aromatic rings. The summed E-state index contributed by atoms with van der Waals surface area (Å²) in [6.07, 6.45) is 0. The minimum absolute atomic E-state index is 0.447. The Bertz CT molecular complexity index is 3700. The third-order valence-electron chi connectivity index (χ3n) is 14.0. The molecule has 0 radical (unpaired) electrons. The molecule has 0 amide bonds. The zero-order valence-corrected chi connectivity index (χ0v) is 37.4. The van der Waals surface area contributed by atoms with Crippen molar-refractivity contribution in [3.8, 4) is 6.07 Å². The normalized spacial score (nSPS) is 11.7. The van der Waals surface area contributed by atoms with Crippen molar-refractivity contribution in [2.75, 3.05) is 9.80 Å². The van der Waals surface area contributed by atoms with Crippen LogP contribution in [0.5, 0.6) is 0 Å². The number of nitriles is 1. The molecule has 0 aliphatic carbocycles. The van der Waals surface area contributed by atoms with Crippen LogP contribution in [0.1, 0.15) is 50.1 Å². The van der Waals surface area contributed by atoms with E-state index in [4.69, 9.17) is 8.83 Å². The molecule has 2 aromatic heterocycles. The maximum Gasteiger partial charge on any atom is 0.154 e. The number of benzene rings is 9. The van der Waals surface area contributed by atoms with Crippen molar-refractivity contribution in [2.24, 2.45) is 0 Å². The predicted octanol–water partition coefficient (Wildman–Crippen LogP) is 17.1. The van der Waals surface area contributed by atoms with Crippen molar-refractivity contribution in [1.82, 2.24) is 0 Å². The van der Waals surface area contributed by atoms with Crippen molar-refractivity contribution >= 4 is 99.5 Å². The topological polar surface area (TPSA) is 56.6 Å². The molecule has 2 heterocycles. The van der Waals surface area contributed by atoms with Gasteiger partial charge in [-0.15, -0.1) is 0 Å². The van der Waals surface area contributed by atoms with Crippen LogP contribution in [0, 0.1) is 66.7 Å². The maximum atomic E-state index is 10.5. The molecular formula is C59H47N3O2. The van der Waals surface area contributed by atoms with E-state index in [1.54, 1.807) is 0 Å². The second kappa shape index (κ2) is 14.6. The monoisotopic (exact) mass is 829 g/mol. The Balaban J connectivity index is 1.09. The molecule has 64 heavy (non-hydrogen) atoms. The van der Waals surface area contributed by atoms with Gasteiger partial charge in [-0.3, -0.25) is 0 Å². The first-order valence-electron chi connectivity index (χ1n) is 22.0. The maximum absolute atomic E-state index is 10.5. The van der Waals surface area contributed by atoms with Gasteiger partial charge in [0, 0.05) is 61.7 Å². The zero-order valence-electron chi connectivity index (χ0n) is 37.4. The predicted molar refractivity (Wildman–Crippen MR) is 268 cm³/mol. The molecule has 0 saturated carbocycles. The van der Waals surface area contributed by atoms with E-state index in [2.05, 4.69) is 205 Å². The average molecular weight is 830 g/mol. The molecule has 0 N–H and O–H groups in total. The molecule has 5 nitrogen and oxygen atoms in total. The van der Waals surface area contributed by atoms with Crippen LogP contribution in [0.25, 0.3) is 65.4 Å². The van der Waals surface area contributed by atoms with Crippen molar-refractivity contribution in [1.29, 1.82) is 5.26 Å². The summed E-state index contributed by atoms with van der Waals surface area (Å²) >= 11 is 0. The van der Waals surface area contributed by atoms with Crippen LogP contribution in [0.3, 0.4) is 0 Å². The van der Waals surface area contributed by atoms with Gasteiger partial charge in [0.2, 0.25) is 0 Å². The van der Waals surface area contributed by atoms with Gasteiger partial charge in [-0.2, -0.15) is 5.26 Å². The summed E-state index contributed by atoms with van der Waals surface area (Å²) in [5.74, 6) is 0. The molecule has 11 rings (SSSR count). The van der Waals surface area contributed by atoms with Gasteiger partial charge < -0.3 is 18.6 Å². The molecule has 0 aliphatic rings. The second-order valence-corrected chi connectivity index (χ2v) is 17.6. The van der Waals surface area contributed by atoms with Gasteiger partial charge in [-0.1, -0.05) is 60.7 Å². The lowest BCUT2D eigenvalue weighted by molar-refractivity contribution is 0.662. The first-order valence-corrected chi connectivity index (χ1v) is 22.0. The Morgan fingerprint density at radius 1 is 0.391 bits per heavy atom. The highest BCUT2D eigenvalue weighted by atomic mass is 16.3. The molecule has 0 bridgehead atoms. The summed E-state index contributed by atoms with van der Waals surface area (Å²) < 4.78 is 13.4.